The second-order valence-corrected chi connectivity index (χ2v) is 8.22. The van der Waals surface area contributed by atoms with Gasteiger partial charge in [0.2, 0.25) is 5.91 Å². The molecule has 5 nitrogen and oxygen atoms in total. The normalized spacial score (nSPS) is 32.2. The molecule has 0 aromatic carbocycles. The van der Waals surface area contributed by atoms with Gasteiger partial charge in [-0.25, -0.2) is 0 Å². The second-order valence-electron chi connectivity index (χ2n) is 8.22. The Morgan fingerprint density at radius 2 is 1.57 bits per heavy atom. The first-order valence-corrected chi connectivity index (χ1v) is 7.71. The van der Waals surface area contributed by atoms with Gasteiger partial charge in [-0.2, -0.15) is 0 Å². The number of carbonyl (C=O) groups excluding carboxylic acids is 1. The first-order valence-electron chi connectivity index (χ1n) is 7.71. The number of hydrogen-bond acceptors (Lipinski definition) is 3. The number of aliphatic hydroxyl groups is 1. The molecule has 0 bridgehead atoms. The van der Waals surface area contributed by atoms with E-state index in [1.165, 1.54) is 0 Å². The zero-order valence-corrected chi connectivity index (χ0v) is 13.4. The average molecular weight is 297 g/mol. The van der Waals surface area contributed by atoms with Crippen LogP contribution in [0, 0.1) is 22.7 Å². The fraction of sp³-hybridized carbons (Fsp3) is 0.875. The maximum atomic E-state index is 12.2. The van der Waals surface area contributed by atoms with Crippen molar-refractivity contribution < 1.29 is 19.8 Å². The summed E-state index contributed by atoms with van der Waals surface area (Å²) in [5.41, 5.74) is -1.08. The molecule has 3 N–H and O–H groups in total. The number of hydrogen-bond donors (Lipinski definition) is 3. The SMILES string of the molecule is CC1(C)CCC(O)(CNC(=O)C2C(C(=O)O)C2(C)C)CC1. The van der Waals surface area contributed by atoms with E-state index in [2.05, 4.69) is 19.2 Å². The fourth-order valence-electron chi connectivity index (χ4n) is 3.52. The summed E-state index contributed by atoms with van der Waals surface area (Å²) in [6.07, 6.45) is 3.23. The molecule has 1 amide bonds. The van der Waals surface area contributed by atoms with Crippen LogP contribution in [0.4, 0.5) is 0 Å². The van der Waals surface area contributed by atoms with Crippen LogP contribution >= 0.6 is 0 Å². The van der Waals surface area contributed by atoms with Gasteiger partial charge < -0.3 is 15.5 Å². The van der Waals surface area contributed by atoms with Gasteiger partial charge in [0.05, 0.1) is 17.4 Å². The van der Waals surface area contributed by atoms with Gasteiger partial charge in [-0.05, 0) is 36.5 Å². The van der Waals surface area contributed by atoms with Gasteiger partial charge in [-0.1, -0.05) is 27.7 Å². The zero-order chi connectivity index (χ0) is 16.1. The van der Waals surface area contributed by atoms with Gasteiger partial charge in [0.1, 0.15) is 0 Å². The Balaban J connectivity index is 1.87. The van der Waals surface area contributed by atoms with Crippen LogP contribution in [0.2, 0.25) is 0 Å². The molecule has 2 rings (SSSR count). The highest BCUT2D eigenvalue weighted by atomic mass is 16.4. The van der Waals surface area contributed by atoms with Crippen molar-refractivity contribution in [3.63, 3.8) is 0 Å². The summed E-state index contributed by atoms with van der Waals surface area (Å²) in [6.45, 7) is 8.20. The number of amides is 1. The highest BCUT2D eigenvalue weighted by Gasteiger charge is 2.65. The smallest absolute Gasteiger partial charge is 0.307 e. The summed E-state index contributed by atoms with van der Waals surface area (Å²) in [7, 11) is 0. The summed E-state index contributed by atoms with van der Waals surface area (Å²) < 4.78 is 0. The van der Waals surface area contributed by atoms with Gasteiger partial charge in [0, 0.05) is 6.54 Å². The molecule has 0 spiro atoms. The number of carboxylic acid groups (broad SMARTS) is 1. The Kier molecular flexibility index (Phi) is 3.85. The van der Waals surface area contributed by atoms with E-state index in [0.717, 1.165) is 12.8 Å². The van der Waals surface area contributed by atoms with Crippen molar-refractivity contribution in [2.45, 2.75) is 59.0 Å². The van der Waals surface area contributed by atoms with Crippen molar-refractivity contribution in [1.82, 2.24) is 5.32 Å². The molecule has 2 unspecified atom stereocenters. The molecule has 2 aliphatic carbocycles. The largest absolute Gasteiger partial charge is 0.481 e. The number of aliphatic carboxylic acids is 1. The molecule has 21 heavy (non-hydrogen) atoms. The van der Waals surface area contributed by atoms with Crippen molar-refractivity contribution in [1.29, 1.82) is 0 Å². The maximum absolute atomic E-state index is 12.2. The quantitative estimate of drug-likeness (QED) is 0.738. The molecule has 0 heterocycles. The first-order chi connectivity index (χ1) is 9.49. The van der Waals surface area contributed by atoms with E-state index in [4.69, 9.17) is 5.11 Å². The minimum Gasteiger partial charge on any atom is -0.481 e. The number of nitrogens with one attached hydrogen (secondary N) is 1. The lowest BCUT2D eigenvalue weighted by molar-refractivity contribution is -0.140. The van der Waals surface area contributed by atoms with Gasteiger partial charge >= 0.3 is 5.97 Å². The molecular weight excluding hydrogens is 270 g/mol. The van der Waals surface area contributed by atoms with Crippen LogP contribution in [0.3, 0.4) is 0 Å². The number of carbonyl (C=O) groups is 2. The second kappa shape index (κ2) is 4.97. The minimum atomic E-state index is -0.918. The Morgan fingerprint density at radius 1 is 1.05 bits per heavy atom. The van der Waals surface area contributed by atoms with Gasteiger partial charge in [0.15, 0.2) is 0 Å². The predicted molar refractivity (Wildman–Crippen MR) is 78.6 cm³/mol. The average Bonchev–Trinajstić information content (AvgIpc) is 2.94. The van der Waals surface area contributed by atoms with Crippen LogP contribution in [0.25, 0.3) is 0 Å². The Morgan fingerprint density at radius 3 is 2.00 bits per heavy atom. The lowest BCUT2D eigenvalue weighted by Gasteiger charge is -2.40. The lowest BCUT2D eigenvalue weighted by Crippen LogP contribution is -2.47. The van der Waals surface area contributed by atoms with Crippen LogP contribution in [0.1, 0.15) is 53.4 Å². The molecule has 0 radical (unpaired) electrons. The Hall–Kier alpha value is -1.10. The molecule has 5 heteroatoms. The third kappa shape index (κ3) is 3.23. The summed E-state index contributed by atoms with van der Waals surface area (Å²) in [6, 6.07) is 0. The van der Waals surface area contributed by atoms with Crippen LogP contribution in [0.5, 0.6) is 0 Å². The van der Waals surface area contributed by atoms with Crippen molar-refractivity contribution >= 4 is 11.9 Å². The molecule has 0 aliphatic heterocycles. The minimum absolute atomic E-state index is 0.223. The summed E-state index contributed by atoms with van der Waals surface area (Å²) in [4.78, 5) is 23.3. The van der Waals surface area contributed by atoms with E-state index in [1.54, 1.807) is 13.8 Å². The van der Waals surface area contributed by atoms with Crippen LogP contribution in [-0.4, -0.2) is 34.2 Å². The van der Waals surface area contributed by atoms with E-state index in [1.807, 2.05) is 0 Å². The fourth-order valence-corrected chi connectivity index (χ4v) is 3.52. The molecule has 2 saturated carbocycles. The molecule has 120 valence electrons. The maximum Gasteiger partial charge on any atom is 0.307 e. The lowest BCUT2D eigenvalue weighted by atomic mass is 9.71. The topological polar surface area (TPSA) is 86.6 Å². The van der Waals surface area contributed by atoms with Crippen LogP contribution in [-0.2, 0) is 9.59 Å². The molecule has 0 aromatic heterocycles. The monoisotopic (exact) mass is 297 g/mol. The van der Waals surface area contributed by atoms with Crippen molar-refractivity contribution in [3.05, 3.63) is 0 Å². The molecule has 2 aliphatic rings. The van der Waals surface area contributed by atoms with E-state index in [0.29, 0.717) is 12.8 Å². The van der Waals surface area contributed by atoms with E-state index >= 15 is 0 Å². The van der Waals surface area contributed by atoms with Crippen molar-refractivity contribution in [3.8, 4) is 0 Å². The predicted octanol–water partition coefficient (Wildman–Crippen LogP) is 1.79. The summed E-state index contributed by atoms with van der Waals surface area (Å²) in [5, 5.41) is 22.4. The molecule has 2 fully saturated rings. The third-order valence-corrected chi connectivity index (χ3v) is 5.50. The van der Waals surface area contributed by atoms with Gasteiger partial charge in [0.25, 0.3) is 0 Å². The van der Waals surface area contributed by atoms with Crippen molar-refractivity contribution in [2.75, 3.05) is 6.54 Å². The van der Waals surface area contributed by atoms with Crippen LogP contribution < -0.4 is 5.32 Å². The van der Waals surface area contributed by atoms with Gasteiger partial charge in [-0.3, -0.25) is 9.59 Å². The van der Waals surface area contributed by atoms with E-state index in [-0.39, 0.29) is 17.9 Å². The van der Waals surface area contributed by atoms with E-state index in [9.17, 15) is 14.7 Å². The number of rotatable bonds is 4. The zero-order valence-electron chi connectivity index (χ0n) is 13.4. The van der Waals surface area contributed by atoms with Crippen LogP contribution in [0.15, 0.2) is 0 Å². The van der Waals surface area contributed by atoms with Crippen molar-refractivity contribution in [2.24, 2.45) is 22.7 Å². The van der Waals surface area contributed by atoms with E-state index < -0.39 is 28.8 Å². The standard InChI is InChI=1S/C16H27NO4/c1-14(2)5-7-16(21,8-6-14)9-17-12(18)10-11(13(19)20)15(10,3)4/h10-11,21H,5-9H2,1-4H3,(H,17,18)(H,19,20). The third-order valence-electron chi connectivity index (χ3n) is 5.50. The first kappa shape index (κ1) is 16.3. The Bertz CT molecular complexity index is 445. The molecular formula is C16H27NO4. The highest BCUT2D eigenvalue weighted by molar-refractivity contribution is 5.91. The molecule has 0 aromatic rings. The molecule has 0 saturated heterocycles. The highest BCUT2D eigenvalue weighted by Crippen LogP contribution is 2.58. The molecule has 2 atom stereocenters. The Labute approximate surface area is 126 Å². The summed E-state index contributed by atoms with van der Waals surface area (Å²) >= 11 is 0. The summed E-state index contributed by atoms with van der Waals surface area (Å²) in [5.74, 6) is -2.26. The number of carboxylic acids is 1. The van der Waals surface area contributed by atoms with Gasteiger partial charge in [-0.15, -0.1) is 0 Å².